The van der Waals surface area contributed by atoms with Crippen LogP contribution in [0.3, 0.4) is 0 Å². The Morgan fingerprint density at radius 2 is 1.64 bits per heavy atom. The molecule has 0 bridgehead atoms. The first-order valence-corrected chi connectivity index (χ1v) is 9.92. The lowest BCUT2D eigenvalue weighted by Crippen LogP contribution is -2.20. The van der Waals surface area contributed by atoms with Gasteiger partial charge in [0, 0.05) is 22.6 Å². The van der Waals surface area contributed by atoms with E-state index in [0.29, 0.717) is 17.1 Å². The number of hydrogen-bond donors (Lipinski definition) is 3. The van der Waals surface area contributed by atoms with Crippen LogP contribution in [0.1, 0.15) is 11.1 Å². The average molecular weight is 452 g/mol. The molecular formula is C24H19F3N4O2. The number of urea groups is 1. The van der Waals surface area contributed by atoms with Gasteiger partial charge in [-0.05, 0) is 42.8 Å². The number of nitrogens with zero attached hydrogens (tertiary/aromatic N) is 1. The van der Waals surface area contributed by atoms with E-state index in [-0.39, 0.29) is 11.7 Å². The number of benzene rings is 3. The number of anilines is 4. The highest BCUT2D eigenvalue weighted by Crippen LogP contribution is 2.31. The molecule has 0 aliphatic carbocycles. The SMILES string of the molecule is Cc1ccc(NC(=O)Nc2cccc(C(F)(F)F)c2)cc1Nc1ncc(-c2ccccc2)o1. The number of aromatic nitrogens is 1. The molecule has 0 aliphatic heterocycles. The van der Waals surface area contributed by atoms with Crippen molar-refractivity contribution >= 4 is 29.1 Å². The monoisotopic (exact) mass is 452 g/mol. The zero-order valence-electron chi connectivity index (χ0n) is 17.4. The summed E-state index contributed by atoms with van der Waals surface area (Å²) in [6.45, 7) is 1.87. The van der Waals surface area contributed by atoms with Gasteiger partial charge < -0.3 is 20.4 Å². The molecule has 168 valence electrons. The van der Waals surface area contributed by atoms with Gasteiger partial charge in [0.1, 0.15) is 0 Å². The summed E-state index contributed by atoms with van der Waals surface area (Å²) >= 11 is 0. The Kier molecular flexibility index (Phi) is 6.03. The van der Waals surface area contributed by atoms with Crippen LogP contribution in [0.15, 0.2) is 83.4 Å². The van der Waals surface area contributed by atoms with Crippen LogP contribution in [-0.2, 0) is 6.18 Å². The Labute approximate surface area is 187 Å². The van der Waals surface area contributed by atoms with Crippen molar-refractivity contribution in [1.82, 2.24) is 4.98 Å². The van der Waals surface area contributed by atoms with E-state index in [1.54, 1.807) is 24.4 Å². The second kappa shape index (κ2) is 9.07. The Balaban J connectivity index is 1.44. The summed E-state index contributed by atoms with van der Waals surface area (Å²) in [5.74, 6) is 0.602. The number of hydrogen-bond acceptors (Lipinski definition) is 4. The number of amides is 2. The smallest absolute Gasteiger partial charge is 0.416 e. The Morgan fingerprint density at radius 1 is 0.909 bits per heavy atom. The molecule has 0 spiro atoms. The molecule has 9 heteroatoms. The first kappa shape index (κ1) is 21.9. The van der Waals surface area contributed by atoms with E-state index in [1.165, 1.54) is 12.1 Å². The summed E-state index contributed by atoms with van der Waals surface area (Å²) in [7, 11) is 0. The largest absolute Gasteiger partial charge is 0.423 e. The molecule has 4 rings (SSSR count). The lowest BCUT2D eigenvalue weighted by molar-refractivity contribution is -0.137. The Morgan fingerprint density at radius 3 is 2.36 bits per heavy atom. The molecule has 3 N–H and O–H groups in total. The first-order valence-electron chi connectivity index (χ1n) is 9.92. The van der Waals surface area contributed by atoms with E-state index < -0.39 is 17.8 Å². The van der Waals surface area contributed by atoms with E-state index >= 15 is 0 Å². The van der Waals surface area contributed by atoms with Gasteiger partial charge in [0.2, 0.25) is 0 Å². The van der Waals surface area contributed by atoms with Crippen molar-refractivity contribution in [3.63, 3.8) is 0 Å². The first-order chi connectivity index (χ1) is 15.8. The summed E-state index contributed by atoms with van der Waals surface area (Å²) in [6.07, 6.45) is -2.89. The fraction of sp³-hybridized carbons (Fsp3) is 0.0833. The number of oxazole rings is 1. The average Bonchev–Trinajstić information content (AvgIpc) is 3.25. The van der Waals surface area contributed by atoms with Crippen molar-refractivity contribution in [1.29, 1.82) is 0 Å². The van der Waals surface area contributed by atoms with Crippen molar-refractivity contribution in [2.75, 3.05) is 16.0 Å². The highest BCUT2D eigenvalue weighted by atomic mass is 19.4. The van der Waals surface area contributed by atoms with Gasteiger partial charge in [0.25, 0.3) is 6.01 Å². The second-order valence-electron chi connectivity index (χ2n) is 7.21. The lowest BCUT2D eigenvalue weighted by Gasteiger charge is -2.12. The Bertz CT molecular complexity index is 1270. The molecule has 4 aromatic rings. The molecule has 0 unspecified atom stereocenters. The molecule has 6 nitrogen and oxygen atoms in total. The summed E-state index contributed by atoms with van der Waals surface area (Å²) < 4.78 is 44.3. The van der Waals surface area contributed by atoms with Crippen molar-refractivity contribution < 1.29 is 22.4 Å². The minimum atomic E-state index is -4.49. The number of carbonyl (C=O) groups is 1. The van der Waals surface area contributed by atoms with Crippen LogP contribution in [0.4, 0.5) is 41.0 Å². The van der Waals surface area contributed by atoms with Gasteiger partial charge in [0.05, 0.1) is 11.8 Å². The molecule has 0 fully saturated rings. The minimum Gasteiger partial charge on any atom is -0.423 e. The molecule has 0 atom stereocenters. The predicted octanol–water partition coefficient (Wildman–Crippen LogP) is 7.06. The number of halogens is 3. The van der Waals surface area contributed by atoms with Crippen molar-refractivity contribution in [2.24, 2.45) is 0 Å². The van der Waals surface area contributed by atoms with Crippen molar-refractivity contribution in [3.05, 3.63) is 90.1 Å². The summed E-state index contributed by atoms with van der Waals surface area (Å²) in [5, 5.41) is 8.09. The molecule has 1 aromatic heterocycles. The summed E-state index contributed by atoms with van der Waals surface area (Å²) in [4.78, 5) is 16.5. The number of carbonyl (C=O) groups excluding carboxylic acids is 1. The van der Waals surface area contributed by atoms with E-state index in [1.807, 2.05) is 37.3 Å². The molecule has 0 saturated carbocycles. The van der Waals surface area contributed by atoms with E-state index in [9.17, 15) is 18.0 Å². The summed E-state index contributed by atoms with van der Waals surface area (Å²) in [5.41, 5.74) is 2.02. The number of aryl methyl sites for hydroxylation is 1. The highest BCUT2D eigenvalue weighted by molar-refractivity contribution is 6.00. The third-order valence-corrected chi connectivity index (χ3v) is 4.75. The van der Waals surface area contributed by atoms with E-state index in [4.69, 9.17) is 4.42 Å². The molecule has 0 saturated heterocycles. The molecule has 33 heavy (non-hydrogen) atoms. The van der Waals surface area contributed by atoms with Crippen LogP contribution < -0.4 is 16.0 Å². The van der Waals surface area contributed by atoms with Crippen LogP contribution in [-0.4, -0.2) is 11.0 Å². The van der Waals surface area contributed by atoms with Gasteiger partial charge in [-0.15, -0.1) is 0 Å². The molecule has 2 amide bonds. The minimum absolute atomic E-state index is 0.0287. The topological polar surface area (TPSA) is 79.2 Å². The van der Waals surface area contributed by atoms with Crippen LogP contribution in [0.2, 0.25) is 0 Å². The maximum absolute atomic E-state index is 12.9. The molecule has 0 radical (unpaired) electrons. The van der Waals surface area contributed by atoms with Crippen LogP contribution in [0.5, 0.6) is 0 Å². The fourth-order valence-electron chi connectivity index (χ4n) is 3.08. The van der Waals surface area contributed by atoms with E-state index in [2.05, 4.69) is 20.9 Å². The normalized spacial score (nSPS) is 11.2. The van der Waals surface area contributed by atoms with E-state index in [0.717, 1.165) is 23.3 Å². The lowest BCUT2D eigenvalue weighted by atomic mass is 10.2. The number of alkyl halides is 3. The Hall–Kier alpha value is -4.27. The third-order valence-electron chi connectivity index (χ3n) is 4.75. The van der Waals surface area contributed by atoms with Crippen LogP contribution in [0, 0.1) is 6.92 Å². The highest BCUT2D eigenvalue weighted by Gasteiger charge is 2.30. The van der Waals surface area contributed by atoms with Gasteiger partial charge in [-0.2, -0.15) is 13.2 Å². The molecular weight excluding hydrogens is 433 g/mol. The van der Waals surface area contributed by atoms with Crippen molar-refractivity contribution in [3.8, 4) is 11.3 Å². The maximum atomic E-state index is 12.9. The van der Waals surface area contributed by atoms with Gasteiger partial charge in [-0.3, -0.25) is 0 Å². The standard InChI is InChI=1S/C24H19F3N4O2/c1-15-10-11-19(30-22(32)29-18-9-5-8-17(12-18)24(25,26)27)13-20(15)31-23-28-14-21(33-23)16-6-3-2-4-7-16/h2-14H,1H3,(H,28,31)(H2,29,30,32). The van der Waals surface area contributed by atoms with Crippen molar-refractivity contribution in [2.45, 2.75) is 13.1 Å². The van der Waals surface area contributed by atoms with Crippen LogP contribution in [0.25, 0.3) is 11.3 Å². The number of rotatable bonds is 5. The maximum Gasteiger partial charge on any atom is 0.416 e. The molecule has 0 aliphatic rings. The van der Waals surface area contributed by atoms with Gasteiger partial charge in [-0.1, -0.05) is 42.5 Å². The zero-order valence-corrected chi connectivity index (χ0v) is 17.4. The molecule has 3 aromatic carbocycles. The zero-order chi connectivity index (χ0) is 23.4. The summed E-state index contributed by atoms with van der Waals surface area (Å²) in [6, 6.07) is 18.7. The predicted molar refractivity (Wildman–Crippen MR) is 120 cm³/mol. The fourth-order valence-corrected chi connectivity index (χ4v) is 3.08. The molecule has 1 heterocycles. The van der Waals surface area contributed by atoms with Gasteiger partial charge in [0.15, 0.2) is 5.76 Å². The van der Waals surface area contributed by atoms with Gasteiger partial charge >= 0.3 is 12.2 Å². The second-order valence-corrected chi connectivity index (χ2v) is 7.21. The van der Waals surface area contributed by atoms with Crippen LogP contribution >= 0.6 is 0 Å². The number of nitrogens with one attached hydrogen (secondary N) is 3. The van der Waals surface area contributed by atoms with Gasteiger partial charge in [-0.25, -0.2) is 9.78 Å². The third kappa shape index (κ3) is 5.51. The quantitative estimate of drug-likeness (QED) is 0.303.